The Hall–Kier alpha value is -3.28. The van der Waals surface area contributed by atoms with Gasteiger partial charge in [0.25, 0.3) is 5.89 Å². The van der Waals surface area contributed by atoms with E-state index >= 15 is 0 Å². The summed E-state index contributed by atoms with van der Waals surface area (Å²) in [6.45, 7) is 0. The van der Waals surface area contributed by atoms with Gasteiger partial charge in [-0.15, -0.1) is 10.2 Å². The predicted octanol–water partition coefficient (Wildman–Crippen LogP) is 3.65. The standard InChI is InChI=1S/C17H9FN2O3/c18-12-7-5-10(6-8-12)15-19-20-16(23-15)13-9-11-3-1-2-4-14(11)22-17(13)21/h1-9H. The Labute approximate surface area is 129 Å². The van der Waals surface area contributed by atoms with E-state index in [1.807, 2.05) is 12.1 Å². The molecule has 112 valence electrons. The first kappa shape index (κ1) is 13.4. The highest BCUT2D eigenvalue weighted by molar-refractivity contribution is 5.80. The highest BCUT2D eigenvalue weighted by Gasteiger charge is 2.15. The van der Waals surface area contributed by atoms with Crippen molar-refractivity contribution in [2.75, 3.05) is 0 Å². The third-order valence-electron chi connectivity index (χ3n) is 3.39. The van der Waals surface area contributed by atoms with Crippen LogP contribution < -0.4 is 5.63 Å². The van der Waals surface area contributed by atoms with Gasteiger partial charge in [-0.1, -0.05) is 18.2 Å². The van der Waals surface area contributed by atoms with Crippen LogP contribution >= 0.6 is 0 Å². The van der Waals surface area contributed by atoms with Gasteiger partial charge < -0.3 is 8.83 Å². The molecule has 2 aromatic carbocycles. The molecule has 5 nitrogen and oxygen atoms in total. The van der Waals surface area contributed by atoms with Gasteiger partial charge in [0.1, 0.15) is 17.0 Å². The van der Waals surface area contributed by atoms with Crippen LogP contribution in [0.3, 0.4) is 0 Å². The smallest absolute Gasteiger partial charge is 0.349 e. The monoisotopic (exact) mass is 308 g/mol. The van der Waals surface area contributed by atoms with Gasteiger partial charge in [0.15, 0.2) is 0 Å². The number of halogens is 1. The second-order valence-corrected chi connectivity index (χ2v) is 4.90. The summed E-state index contributed by atoms with van der Waals surface area (Å²) in [6.07, 6.45) is 0. The number of aromatic nitrogens is 2. The van der Waals surface area contributed by atoms with Crippen LogP contribution in [0.15, 0.2) is 68.2 Å². The van der Waals surface area contributed by atoms with Crippen LogP contribution in [0, 0.1) is 5.82 Å². The third kappa shape index (κ3) is 2.40. The lowest BCUT2D eigenvalue weighted by Crippen LogP contribution is -2.02. The molecule has 2 aromatic heterocycles. The van der Waals surface area contributed by atoms with E-state index in [-0.39, 0.29) is 23.2 Å². The Morgan fingerprint density at radius 1 is 0.870 bits per heavy atom. The number of hydrogen-bond donors (Lipinski definition) is 0. The van der Waals surface area contributed by atoms with Crippen molar-refractivity contribution in [3.8, 4) is 22.9 Å². The van der Waals surface area contributed by atoms with E-state index in [9.17, 15) is 9.18 Å². The minimum absolute atomic E-state index is 0.0591. The van der Waals surface area contributed by atoms with Crippen LogP contribution in [0.25, 0.3) is 33.9 Å². The van der Waals surface area contributed by atoms with Crippen molar-refractivity contribution in [2.45, 2.75) is 0 Å². The Morgan fingerprint density at radius 3 is 2.43 bits per heavy atom. The lowest BCUT2D eigenvalue weighted by Gasteiger charge is -1.98. The van der Waals surface area contributed by atoms with Gasteiger partial charge in [-0.3, -0.25) is 0 Å². The first-order valence-electron chi connectivity index (χ1n) is 6.83. The van der Waals surface area contributed by atoms with Crippen molar-refractivity contribution >= 4 is 11.0 Å². The highest BCUT2D eigenvalue weighted by Crippen LogP contribution is 2.24. The summed E-state index contributed by atoms with van der Waals surface area (Å²) in [7, 11) is 0. The molecule has 2 heterocycles. The van der Waals surface area contributed by atoms with Gasteiger partial charge in [0.05, 0.1) is 0 Å². The molecule has 0 radical (unpaired) electrons. The normalized spacial score (nSPS) is 11.0. The van der Waals surface area contributed by atoms with Gasteiger partial charge in [-0.05, 0) is 36.4 Å². The number of benzene rings is 2. The largest absolute Gasteiger partial charge is 0.422 e. The summed E-state index contributed by atoms with van der Waals surface area (Å²) in [5.74, 6) is -0.0972. The number of nitrogens with zero attached hydrogens (tertiary/aromatic N) is 2. The van der Waals surface area contributed by atoms with E-state index in [4.69, 9.17) is 8.83 Å². The van der Waals surface area contributed by atoms with Crippen LogP contribution in [-0.2, 0) is 0 Å². The summed E-state index contributed by atoms with van der Waals surface area (Å²) in [5, 5.41) is 8.53. The molecule has 0 amide bonds. The molecule has 0 aliphatic carbocycles. The van der Waals surface area contributed by atoms with E-state index in [1.165, 1.54) is 24.3 Å². The van der Waals surface area contributed by atoms with Crippen molar-refractivity contribution in [3.05, 3.63) is 70.8 Å². The second-order valence-electron chi connectivity index (χ2n) is 4.90. The maximum Gasteiger partial charge on any atom is 0.349 e. The van der Waals surface area contributed by atoms with Crippen molar-refractivity contribution in [3.63, 3.8) is 0 Å². The number of hydrogen-bond acceptors (Lipinski definition) is 5. The fourth-order valence-electron chi connectivity index (χ4n) is 2.25. The van der Waals surface area contributed by atoms with Gasteiger partial charge in [0.2, 0.25) is 5.89 Å². The summed E-state index contributed by atoms with van der Waals surface area (Å²) in [6, 6.07) is 14.4. The molecule has 6 heteroatoms. The zero-order valence-electron chi connectivity index (χ0n) is 11.7. The van der Waals surface area contributed by atoms with E-state index < -0.39 is 5.63 Å². The maximum absolute atomic E-state index is 13.0. The SMILES string of the molecule is O=c1oc2ccccc2cc1-c1nnc(-c2ccc(F)cc2)o1. The predicted molar refractivity (Wildman–Crippen MR) is 81.2 cm³/mol. The van der Waals surface area contributed by atoms with Crippen LogP contribution in [0.1, 0.15) is 0 Å². The minimum Gasteiger partial charge on any atom is -0.422 e. The van der Waals surface area contributed by atoms with Crippen molar-refractivity contribution in [1.29, 1.82) is 0 Å². The molecule has 4 rings (SSSR count). The lowest BCUT2D eigenvalue weighted by atomic mass is 10.2. The number of rotatable bonds is 2. The van der Waals surface area contributed by atoms with Crippen molar-refractivity contribution in [2.24, 2.45) is 0 Å². The molecule has 4 aromatic rings. The van der Waals surface area contributed by atoms with Crippen LogP contribution in [-0.4, -0.2) is 10.2 Å². The molecule has 0 spiro atoms. The molecule has 0 saturated carbocycles. The fourth-order valence-corrected chi connectivity index (χ4v) is 2.25. The molecule has 0 bridgehead atoms. The zero-order chi connectivity index (χ0) is 15.8. The maximum atomic E-state index is 13.0. The fraction of sp³-hybridized carbons (Fsp3) is 0. The van der Waals surface area contributed by atoms with Gasteiger partial charge in [-0.2, -0.15) is 0 Å². The Morgan fingerprint density at radius 2 is 1.61 bits per heavy atom. The highest BCUT2D eigenvalue weighted by atomic mass is 19.1. The average molecular weight is 308 g/mol. The Balaban J connectivity index is 1.81. The van der Waals surface area contributed by atoms with Gasteiger partial charge in [0, 0.05) is 10.9 Å². The molecule has 0 unspecified atom stereocenters. The van der Waals surface area contributed by atoms with E-state index in [2.05, 4.69) is 10.2 Å². The third-order valence-corrected chi connectivity index (χ3v) is 3.39. The summed E-state index contributed by atoms with van der Waals surface area (Å²) in [4.78, 5) is 12.1. The number of fused-ring (bicyclic) bond motifs is 1. The van der Waals surface area contributed by atoms with E-state index in [0.29, 0.717) is 11.1 Å². The molecule has 0 atom stereocenters. The molecular weight excluding hydrogens is 299 g/mol. The molecule has 0 N–H and O–H groups in total. The lowest BCUT2D eigenvalue weighted by molar-refractivity contribution is 0.547. The summed E-state index contributed by atoms with van der Waals surface area (Å²) in [5.41, 5.74) is 0.678. The minimum atomic E-state index is -0.557. The van der Waals surface area contributed by atoms with Crippen LogP contribution in [0.5, 0.6) is 0 Å². The van der Waals surface area contributed by atoms with Gasteiger partial charge >= 0.3 is 5.63 Å². The Bertz CT molecular complexity index is 1050. The quantitative estimate of drug-likeness (QED) is 0.529. The molecule has 0 saturated heterocycles. The van der Waals surface area contributed by atoms with E-state index in [1.54, 1.807) is 18.2 Å². The van der Waals surface area contributed by atoms with Crippen molar-refractivity contribution in [1.82, 2.24) is 10.2 Å². The molecule has 0 aliphatic heterocycles. The average Bonchev–Trinajstić information content (AvgIpc) is 3.04. The summed E-state index contributed by atoms with van der Waals surface area (Å²) >= 11 is 0. The second kappa shape index (κ2) is 5.17. The Kier molecular flexibility index (Phi) is 3.01. The topological polar surface area (TPSA) is 69.1 Å². The summed E-state index contributed by atoms with van der Waals surface area (Å²) < 4.78 is 23.7. The van der Waals surface area contributed by atoms with Crippen LogP contribution in [0.4, 0.5) is 4.39 Å². The first-order valence-corrected chi connectivity index (χ1v) is 6.83. The molecular formula is C17H9FN2O3. The van der Waals surface area contributed by atoms with Crippen LogP contribution in [0.2, 0.25) is 0 Å². The number of para-hydroxylation sites is 1. The first-order chi connectivity index (χ1) is 11.2. The molecule has 23 heavy (non-hydrogen) atoms. The van der Waals surface area contributed by atoms with E-state index in [0.717, 1.165) is 5.39 Å². The van der Waals surface area contributed by atoms with Crippen molar-refractivity contribution < 1.29 is 13.2 Å². The van der Waals surface area contributed by atoms with Gasteiger partial charge in [-0.25, -0.2) is 9.18 Å². The zero-order valence-corrected chi connectivity index (χ0v) is 11.7. The molecule has 0 aliphatic rings. The molecule has 0 fully saturated rings.